The van der Waals surface area contributed by atoms with Crippen molar-refractivity contribution in [1.29, 1.82) is 0 Å². The fourth-order valence-corrected chi connectivity index (χ4v) is 3.73. The molecule has 0 spiro atoms. The number of likely N-dealkylation sites (tertiary alicyclic amines) is 1. The molecule has 2 aromatic rings. The van der Waals surface area contributed by atoms with Crippen LogP contribution in [0.1, 0.15) is 65.4 Å². The van der Waals surface area contributed by atoms with Gasteiger partial charge in [0.05, 0.1) is 0 Å². The minimum Gasteiger partial charge on any atom is -0.336 e. The average Bonchev–Trinajstić information content (AvgIpc) is 3.30. The van der Waals surface area contributed by atoms with Crippen LogP contribution in [0.3, 0.4) is 0 Å². The van der Waals surface area contributed by atoms with E-state index in [1.54, 1.807) is 0 Å². The summed E-state index contributed by atoms with van der Waals surface area (Å²) in [5.41, 5.74) is 3.90. The molecule has 2 aromatic heterocycles. The smallest absolute Gasteiger partial charge is 0.274 e. The van der Waals surface area contributed by atoms with Crippen LogP contribution >= 0.6 is 0 Å². The zero-order chi connectivity index (χ0) is 18.3. The lowest BCUT2D eigenvalue weighted by molar-refractivity contribution is 0.0784. The van der Waals surface area contributed by atoms with Gasteiger partial charge >= 0.3 is 0 Å². The van der Waals surface area contributed by atoms with Gasteiger partial charge < -0.3 is 9.80 Å². The number of hydrogen-bond donors (Lipinski definition) is 1. The number of carbonyl (C=O) groups excluding carboxylic acids is 1. The number of hydrogen-bond acceptors (Lipinski definition) is 5. The van der Waals surface area contributed by atoms with E-state index in [1.165, 1.54) is 11.3 Å². The molecule has 4 heterocycles. The quantitative estimate of drug-likeness (QED) is 0.911. The van der Waals surface area contributed by atoms with Crippen molar-refractivity contribution in [1.82, 2.24) is 30.0 Å². The van der Waals surface area contributed by atoms with Crippen molar-refractivity contribution in [2.45, 2.75) is 45.1 Å². The highest BCUT2D eigenvalue weighted by molar-refractivity contribution is 5.92. The zero-order valence-electron chi connectivity index (χ0n) is 15.7. The third kappa shape index (κ3) is 3.23. The van der Waals surface area contributed by atoms with Gasteiger partial charge in [-0.25, -0.2) is 9.97 Å². The van der Waals surface area contributed by atoms with Crippen LogP contribution in [-0.4, -0.2) is 62.6 Å². The maximum Gasteiger partial charge on any atom is 0.274 e. The van der Waals surface area contributed by atoms with E-state index < -0.39 is 0 Å². The molecular formula is C19H26N6O. The first kappa shape index (κ1) is 17.1. The Bertz CT molecular complexity index is 814. The van der Waals surface area contributed by atoms with Crippen molar-refractivity contribution in [2.24, 2.45) is 0 Å². The summed E-state index contributed by atoms with van der Waals surface area (Å²) in [6.07, 6.45) is 3.86. The molecule has 0 aliphatic carbocycles. The first-order valence-corrected chi connectivity index (χ1v) is 9.39. The Kier molecular flexibility index (Phi) is 4.48. The van der Waals surface area contributed by atoms with Gasteiger partial charge in [-0.2, -0.15) is 5.10 Å². The molecule has 0 aromatic carbocycles. The van der Waals surface area contributed by atoms with E-state index in [0.29, 0.717) is 18.2 Å². The third-order valence-electron chi connectivity index (χ3n) is 5.42. The first-order valence-electron chi connectivity index (χ1n) is 9.39. The van der Waals surface area contributed by atoms with Crippen molar-refractivity contribution in [3.05, 3.63) is 40.7 Å². The summed E-state index contributed by atoms with van der Waals surface area (Å²) < 4.78 is 0. The molecule has 1 N–H and O–H groups in total. The number of nitrogens with one attached hydrogen (secondary N) is 1. The lowest BCUT2D eigenvalue weighted by Crippen LogP contribution is -2.29. The highest BCUT2D eigenvalue weighted by Crippen LogP contribution is 2.27. The van der Waals surface area contributed by atoms with Crippen LogP contribution < -0.4 is 0 Å². The van der Waals surface area contributed by atoms with Crippen LogP contribution in [0.5, 0.6) is 0 Å². The number of rotatable bonds is 3. The van der Waals surface area contributed by atoms with Crippen molar-refractivity contribution in [2.75, 3.05) is 26.7 Å². The van der Waals surface area contributed by atoms with Crippen LogP contribution in [-0.2, 0) is 13.0 Å². The molecule has 1 atom stereocenters. The number of nitrogens with zero attached hydrogens (tertiary/aromatic N) is 5. The SMILES string of the molecule is CC(C)c1cc(C(=O)N2CC[C@@H](c3ncc4c(n3)CCN(C)C4)C2)n[nH]1. The molecule has 138 valence electrons. The Hall–Kier alpha value is -2.28. The summed E-state index contributed by atoms with van der Waals surface area (Å²) in [5, 5.41) is 7.16. The molecule has 2 aliphatic heterocycles. The Balaban J connectivity index is 1.45. The highest BCUT2D eigenvalue weighted by Gasteiger charge is 2.31. The monoisotopic (exact) mass is 354 g/mol. The molecule has 1 fully saturated rings. The van der Waals surface area contributed by atoms with Gasteiger partial charge in [0.2, 0.25) is 0 Å². The average molecular weight is 354 g/mol. The van der Waals surface area contributed by atoms with E-state index in [2.05, 4.69) is 41.0 Å². The van der Waals surface area contributed by atoms with Gasteiger partial charge in [0.25, 0.3) is 5.91 Å². The second kappa shape index (κ2) is 6.79. The van der Waals surface area contributed by atoms with E-state index in [0.717, 1.165) is 44.0 Å². The molecule has 7 heteroatoms. The van der Waals surface area contributed by atoms with E-state index in [-0.39, 0.29) is 11.8 Å². The molecule has 26 heavy (non-hydrogen) atoms. The predicted octanol–water partition coefficient (Wildman–Crippen LogP) is 1.94. The molecule has 0 radical (unpaired) electrons. The van der Waals surface area contributed by atoms with Crippen molar-refractivity contribution < 1.29 is 4.79 Å². The Morgan fingerprint density at radius 2 is 2.19 bits per heavy atom. The van der Waals surface area contributed by atoms with Crippen molar-refractivity contribution in [3.8, 4) is 0 Å². The summed E-state index contributed by atoms with van der Waals surface area (Å²) in [7, 11) is 2.12. The minimum atomic E-state index is -0.00441. The van der Waals surface area contributed by atoms with Gasteiger partial charge in [-0.05, 0) is 25.5 Å². The first-order chi connectivity index (χ1) is 12.5. The number of H-pyrrole nitrogens is 1. The van der Waals surface area contributed by atoms with E-state index in [1.807, 2.05) is 17.2 Å². The molecule has 0 unspecified atom stereocenters. The topological polar surface area (TPSA) is 78.0 Å². The van der Waals surface area contributed by atoms with Crippen LogP contribution in [0.15, 0.2) is 12.3 Å². The second-order valence-electron chi connectivity index (χ2n) is 7.79. The Morgan fingerprint density at radius 1 is 1.35 bits per heavy atom. The molecule has 0 bridgehead atoms. The molecule has 0 saturated carbocycles. The molecular weight excluding hydrogens is 328 g/mol. The lowest BCUT2D eigenvalue weighted by Gasteiger charge is -2.24. The number of amides is 1. The fraction of sp³-hybridized carbons (Fsp3) is 0.579. The largest absolute Gasteiger partial charge is 0.336 e. The van der Waals surface area contributed by atoms with Crippen molar-refractivity contribution >= 4 is 5.91 Å². The molecule has 7 nitrogen and oxygen atoms in total. The van der Waals surface area contributed by atoms with Gasteiger partial charge in [0.15, 0.2) is 0 Å². The van der Waals surface area contributed by atoms with Crippen LogP contribution in [0.2, 0.25) is 0 Å². The van der Waals surface area contributed by atoms with Crippen LogP contribution in [0, 0.1) is 0 Å². The lowest BCUT2D eigenvalue weighted by atomic mass is 10.1. The van der Waals surface area contributed by atoms with Crippen LogP contribution in [0.25, 0.3) is 0 Å². The van der Waals surface area contributed by atoms with Gasteiger partial charge in [-0.1, -0.05) is 13.8 Å². The van der Waals surface area contributed by atoms with E-state index in [4.69, 9.17) is 4.98 Å². The molecule has 2 aliphatic rings. The molecule has 1 amide bonds. The minimum absolute atomic E-state index is 0.00441. The van der Waals surface area contributed by atoms with Crippen LogP contribution in [0.4, 0.5) is 0 Å². The predicted molar refractivity (Wildman–Crippen MR) is 98.0 cm³/mol. The van der Waals surface area contributed by atoms with Gasteiger partial charge in [0, 0.05) is 61.7 Å². The second-order valence-corrected chi connectivity index (χ2v) is 7.79. The summed E-state index contributed by atoms with van der Waals surface area (Å²) in [5.74, 6) is 1.43. The molecule has 1 saturated heterocycles. The highest BCUT2D eigenvalue weighted by atomic mass is 16.2. The van der Waals surface area contributed by atoms with Gasteiger partial charge in [-0.3, -0.25) is 9.89 Å². The normalized spacial score (nSPS) is 20.6. The summed E-state index contributed by atoms with van der Waals surface area (Å²) in [6.45, 7) is 7.52. The fourth-order valence-electron chi connectivity index (χ4n) is 3.73. The third-order valence-corrected chi connectivity index (χ3v) is 5.42. The summed E-state index contributed by atoms with van der Waals surface area (Å²) in [4.78, 5) is 26.3. The van der Waals surface area contributed by atoms with E-state index >= 15 is 0 Å². The number of aromatic amines is 1. The Morgan fingerprint density at radius 3 is 2.96 bits per heavy atom. The summed E-state index contributed by atoms with van der Waals surface area (Å²) in [6, 6.07) is 1.87. The van der Waals surface area contributed by atoms with Gasteiger partial charge in [0.1, 0.15) is 11.5 Å². The maximum absolute atomic E-state index is 12.7. The number of carbonyl (C=O) groups is 1. The van der Waals surface area contributed by atoms with Gasteiger partial charge in [-0.15, -0.1) is 0 Å². The number of fused-ring (bicyclic) bond motifs is 1. The maximum atomic E-state index is 12.7. The molecule has 4 rings (SSSR count). The standard InChI is InChI=1S/C19H26N6O/c1-12(2)16-8-17(23-22-16)19(26)25-7-4-13(11-25)18-20-9-14-10-24(3)6-5-15(14)21-18/h8-9,12-13H,4-7,10-11H2,1-3H3,(H,22,23)/t13-/m1/s1. The summed E-state index contributed by atoms with van der Waals surface area (Å²) >= 11 is 0. The number of aromatic nitrogens is 4. The Labute approximate surface area is 153 Å². The van der Waals surface area contributed by atoms with E-state index in [9.17, 15) is 4.79 Å². The zero-order valence-corrected chi connectivity index (χ0v) is 15.7. The number of likely N-dealkylation sites (N-methyl/N-ethyl adjacent to an activating group) is 1. The van der Waals surface area contributed by atoms with Crippen molar-refractivity contribution in [3.63, 3.8) is 0 Å².